The van der Waals surface area contributed by atoms with Gasteiger partial charge in [-0.05, 0) is 38.1 Å². The van der Waals surface area contributed by atoms with E-state index in [4.69, 9.17) is 4.74 Å². The minimum absolute atomic E-state index is 0.223. The molecule has 0 spiro atoms. The highest BCUT2D eigenvalue weighted by Gasteiger charge is 2.31. The van der Waals surface area contributed by atoms with Crippen molar-refractivity contribution >= 4 is 15.8 Å². The first-order chi connectivity index (χ1) is 12.0. The molecule has 7 nitrogen and oxygen atoms in total. The Labute approximate surface area is 148 Å². The second kappa shape index (κ2) is 7.37. The van der Waals surface area contributed by atoms with Crippen molar-refractivity contribution in [1.29, 1.82) is 0 Å². The van der Waals surface area contributed by atoms with Gasteiger partial charge >= 0.3 is 0 Å². The van der Waals surface area contributed by atoms with Crippen LogP contribution in [0.5, 0.6) is 5.75 Å². The van der Waals surface area contributed by atoms with Crippen LogP contribution in [0.15, 0.2) is 41.3 Å². The molecule has 0 bridgehead atoms. The highest BCUT2D eigenvalue weighted by atomic mass is 32.2. The maximum absolute atomic E-state index is 13.0. The Morgan fingerprint density at radius 2 is 1.76 bits per heavy atom. The van der Waals surface area contributed by atoms with Gasteiger partial charge in [-0.2, -0.15) is 9.40 Å². The number of aryl methyl sites for hydroxylation is 1. The molecule has 1 aliphatic rings. The molecule has 1 aliphatic heterocycles. The van der Waals surface area contributed by atoms with Crippen LogP contribution in [0.25, 0.3) is 0 Å². The average Bonchev–Trinajstić information content (AvgIpc) is 2.63. The maximum Gasteiger partial charge on any atom is 0.246 e. The Hall–Kier alpha value is -2.19. The van der Waals surface area contributed by atoms with E-state index in [1.54, 1.807) is 24.3 Å². The van der Waals surface area contributed by atoms with Gasteiger partial charge in [-0.1, -0.05) is 12.1 Å². The van der Waals surface area contributed by atoms with E-state index in [2.05, 4.69) is 10.2 Å². The molecule has 8 heteroatoms. The summed E-state index contributed by atoms with van der Waals surface area (Å²) in [6.07, 6.45) is 0. The number of ether oxygens (including phenoxy) is 1. The van der Waals surface area contributed by atoms with Gasteiger partial charge in [-0.15, -0.1) is 5.10 Å². The van der Waals surface area contributed by atoms with E-state index in [0.717, 1.165) is 11.5 Å². The van der Waals surface area contributed by atoms with Gasteiger partial charge < -0.3 is 9.64 Å². The van der Waals surface area contributed by atoms with Gasteiger partial charge in [0, 0.05) is 26.2 Å². The van der Waals surface area contributed by atoms with Crippen LogP contribution in [0.4, 0.5) is 5.82 Å². The first-order valence-corrected chi connectivity index (χ1v) is 9.73. The van der Waals surface area contributed by atoms with Crippen LogP contribution < -0.4 is 9.64 Å². The normalized spacial score (nSPS) is 16.0. The largest absolute Gasteiger partial charge is 0.492 e. The summed E-state index contributed by atoms with van der Waals surface area (Å²) in [5.41, 5.74) is 0.859. The highest BCUT2D eigenvalue weighted by molar-refractivity contribution is 7.89. The molecule has 1 aromatic carbocycles. The monoisotopic (exact) mass is 362 g/mol. The number of nitrogens with zero attached hydrogens (tertiary/aromatic N) is 4. The number of benzene rings is 1. The average molecular weight is 362 g/mol. The Morgan fingerprint density at radius 1 is 1.04 bits per heavy atom. The molecule has 25 heavy (non-hydrogen) atoms. The first-order valence-electron chi connectivity index (χ1n) is 8.29. The summed E-state index contributed by atoms with van der Waals surface area (Å²) in [6, 6.07) is 10.6. The third-order valence-corrected chi connectivity index (χ3v) is 6.05. The summed E-state index contributed by atoms with van der Waals surface area (Å²) >= 11 is 0. The summed E-state index contributed by atoms with van der Waals surface area (Å²) in [7, 11) is -3.58. The molecule has 1 aromatic heterocycles. The molecule has 134 valence electrons. The van der Waals surface area contributed by atoms with Gasteiger partial charge in [0.25, 0.3) is 0 Å². The quantitative estimate of drug-likeness (QED) is 0.806. The molecule has 3 rings (SSSR count). The molecule has 0 saturated carbocycles. The second-order valence-electron chi connectivity index (χ2n) is 5.80. The zero-order valence-corrected chi connectivity index (χ0v) is 15.2. The van der Waals surface area contributed by atoms with Crippen LogP contribution in [0, 0.1) is 6.92 Å². The van der Waals surface area contributed by atoms with E-state index in [-0.39, 0.29) is 4.90 Å². The highest BCUT2D eigenvalue weighted by Crippen LogP contribution is 2.27. The second-order valence-corrected chi connectivity index (χ2v) is 7.71. The number of sulfonamides is 1. The zero-order valence-electron chi connectivity index (χ0n) is 14.4. The minimum atomic E-state index is -3.58. The van der Waals surface area contributed by atoms with E-state index in [9.17, 15) is 8.42 Å². The topological polar surface area (TPSA) is 75.6 Å². The Kier molecular flexibility index (Phi) is 5.19. The first kappa shape index (κ1) is 17.6. The number of piperazine rings is 1. The Balaban J connectivity index is 1.74. The van der Waals surface area contributed by atoms with Crippen molar-refractivity contribution in [2.24, 2.45) is 0 Å². The van der Waals surface area contributed by atoms with Gasteiger partial charge in [0.1, 0.15) is 10.6 Å². The summed E-state index contributed by atoms with van der Waals surface area (Å²) in [5, 5.41) is 8.24. The van der Waals surface area contributed by atoms with E-state index in [0.29, 0.717) is 38.5 Å². The maximum atomic E-state index is 13.0. The van der Waals surface area contributed by atoms with Crippen LogP contribution in [0.2, 0.25) is 0 Å². The lowest BCUT2D eigenvalue weighted by atomic mass is 10.3. The van der Waals surface area contributed by atoms with Gasteiger partial charge in [0.15, 0.2) is 5.82 Å². The SMILES string of the molecule is CCOc1ccccc1S(=O)(=O)N1CCN(c2ccc(C)nn2)CC1. The molecule has 2 heterocycles. The van der Waals surface area contributed by atoms with Crippen LogP contribution in [-0.2, 0) is 10.0 Å². The van der Waals surface area contributed by atoms with Crippen molar-refractivity contribution in [3.8, 4) is 5.75 Å². The number of aromatic nitrogens is 2. The lowest BCUT2D eigenvalue weighted by molar-refractivity contribution is 0.327. The summed E-state index contributed by atoms with van der Waals surface area (Å²) in [5.74, 6) is 1.18. The molecule has 0 radical (unpaired) electrons. The third-order valence-electron chi connectivity index (χ3n) is 4.11. The standard InChI is InChI=1S/C17H22N4O3S/c1-3-24-15-6-4-5-7-16(15)25(22,23)21-12-10-20(11-13-21)17-9-8-14(2)18-19-17/h4-9H,3,10-13H2,1-2H3. The van der Waals surface area contributed by atoms with Crippen LogP contribution in [0.1, 0.15) is 12.6 Å². The molecule has 0 aliphatic carbocycles. The molecule has 0 unspecified atom stereocenters. The predicted octanol–water partition coefficient (Wildman–Crippen LogP) is 1.69. The fourth-order valence-electron chi connectivity index (χ4n) is 2.80. The fraction of sp³-hybridized carbons (Fsp3) is 0.412. The van der Waals surface area contributed by atoms with Crippen molar-refractivity contribution in [1.82, 2.24) is 14.5 Å². The number of hydrogen-bond donors (Lipinski definition) is 0. The van der Waals surface area contributed by atoms with Gasteiger partial charge in [0.2, 0.25) is 10.0 Å². The number of hydrogen-bond acceptors (Lipinski definition) is 6. The molecular formula is C17H22N4O3S. The number of rotatable bonds is 5. The van der Waals surface area contributed by atoms with Crippen molar-refractivity contribution in [2.45, 2.75) is 18.7 Å². The smallest absolute Gasteiger partial charge is 0.246 e. The molecular weight excluding hydrogens is 340 g/mol. The lowest BCUT2D eigenvalue weighted by Crippen LogP contribution is -2.49. The van der Waals surface area contributed by atoms with Crippen LogP contribution >= 0.6 is 0 Å². The lowest BCUT2D eigenvalue weighted by Gasteiger charge is -2.34. The van der Waals surface area contributed by atoms with E-state index >= 15 is 0 Å². The molecule has 0 atom stereocenters. The van der Waals surface area contributed by atoms with E-state index in [1.807, 2.05) is 30.9 Å². The van der Waals surface area contributed by atoms with Gasteiger partial charge in [0.05, 0.1) is 12.3 Å². The van der Waals surface area contributed by atoms with E-state index in [1.165, 1.54) is 4.31 Å². The zero-order chi connectivity index (χ0) is 17.9. The molecule has 2 aromatic rings. The van der Waals surface area contributed by atoms with E-state index < -0.39 is 10.0 Å². The molecule has 0 N–H and O–H groups in total. The Morgan fingerprint density at radius 3 is 2.40 bits per heavy atom. The summed E-state index contributed by atoms with van der Waals surface area (Å²) < 4.78 is 32.9. The van der Waals surface area contributed by atoms with Crippen LogP contribution in [-0.4, -0.2) is 55.7 Å². The molecule has 0 amide bonds. The van der Waals surface area contributed by atoms with Gasteiger partial charge in [-0.3, -0.25) is 0 Å². The van der Waals surface area contributed by atoms with Crippen LogP contribution in [0.3, 0.4) is 0 Å². The number of para-hydroxylation sites is 1. The van der Waals surface area contributed by atoms with Crippen molar-refractivity contribution in [3.63, 3.8) is 0 Å². The Bertz CT molecular complexity index is 816. The summed E-state index contributed by atoms with van der Waals surface area (Å²) in [6.45, 7) is 6.10. The number of anilines is 1. The van der Waals surface area contributed by atoms with Crippen molar-refractivity contribution < 1.29 is 13.2 Å². The van der Waals surface area contributed by atoms with Gasteiger partial charge in [-0.25, -0.2) is 8.42 Å². The molecule has 1 fully saturated rings. The predicted molar refractivity (Wildman–Crippen MR) is 95.4 cm³/mol. The van der Waals surface area contributed by atoms with Crippen molar-refractivity contribution in [2.75, 3.05) is 37.7 Å². The summed E-state index contributed by atoms with van der Waals surface area (Å²) in [4.78, 5) is 2.27. The fourth-order valence-corrected chi connectivity index (χ4v) is 4.35. The van der Waals surface area contributed by atoms with Crippen molar-refractivity contribution in [3.05, 3.63) is 42.1 Å². The third kappa shape index (κ3) is 3.74. The minimum Gasteiger partial charge on any atom is -0.492 e. The molecule has 1 saturated heterocycles.